The van der Waals surface area contributed by atoms with E-state index in [1.807, 2.05) is 0 Å². The first-order valence-electron chi connectivity index (χ1n) is 9.33. The van der Waals surface area contributed by atoms with Crippen molar-refractivity contribution in [2.45, 2.75) is 11.1 Å². The number of rotatable bonds is 7. The number of ether oxygens (including phenoxy) is 3. The topological polar surface area (TPSA) is 107 Å². The smallest absolute Gasteiger partial charge is 0.422 e. The Bertz CT molecular complexity index is 1070. The molecule has 1 fully saturated rings. The highest BCUT2D eigenvalue weighted by Gasteiger charge is 2.30. The fraction of sp³-hybridized carbons (Fsp3) is 0.368. The molecule has 32 heavy (non-hydrogen) atoms. The summed E-state index contributed by atoms with van der Waals surface area (Å²) >= 11 is 0. The quantitative estimate of drug-likeness (QED) is 0.655. The lowest BCUT2D eigenvalue weighted by atomic mass is 10.2. The molecule has 1 aliphatic rings. The molecule has 1 N–H and O–H groups in total. The number of hydrogen-bond donors (Lipinski definition) is 1. The van der Waals surface area contributed by atoms with E-state index in [1.54, 1.807) is 0 Å². The van der Waals surface area contributed by atoms with Gasteiger partial charge in [0.1, 0.15) is 11.3 Å². The highest BCUT2D eigenvalue weighted by atomic mass is 32.2. The molecule has 13 heteroatoms. The molecule has 1 aromatic heterocycles. The normalized spacial score (nSPS) is 15.2. The third kappa shape index (κ3) is 5.66. The minimum absolute atomic E-state index is 0.0115. The Balaban J connectivity index is 1.87. The average molecular weight is 475 g/mol. The number of carbonyl (C=O) groups excluding carboxylic acids is 1. The largest absolute Gasteiger partial charge is 0.495 e. The maximum absolute atomic E-state index is 12.9. The highest BCUT2D eigenvalue weighted by Crippen LogP contribution is 2.30. The Morgan fingerprint density at radius 2 is 1.97 bits per heavy atom. The summed E-state index contributed by atoms with van der Waals surface area (Å²) in [6.45, 7) is -0.723. The second-order valence-electron chi connectivity index (χ2n) is 6.59. The third-order valence-corrected chi connectivity index (χ3v) is 6.31. The molecule has 2 aromatic rings. The fourth-order valence-electron chi connectivity index (χ4n) is 2.90. The van der Waals surface area contributed by atoms with Crippen molar-refractivity contribution in [3.05, 3.63) is 42.1 Å². The van der Waals surface area contributed by atoms with Gasteiger partial charge in [0, 0.05) is 19.3 Å². The lowest BCUT2D eigenvalue weighted by molar-refractivity contribution is -0.154. The molecule has 0 atom stereocenters. The molecule has 0 spiro atoms. The van der Waals surface area contributed by atoms with Gasteiger partial charge in [-0.05, 0) is 30.3 Å². The van der Waals surface area contributed by atoms with Crippen LogP contribution in [0, 0.1) is 0 Å². The number of pyridine rings is 1. The summed E-state index contributed by atoms with van der Waals surface area (Å²) in [4.78, 5) is 16.3. The van der Waals surface area contributed by atoms with Gasteiger partial charge in [-0.3, -0.25) is 4.79 Å². The number of amides is 1. The number of morpholine rings is 1. The lowest BCUT2D eigenvalue weighted by Gasteiger charge is -2.26. The molecule has 1 aromatic carbocycles. The maximum atomic E-state index is 12.9. The molecule has 1 aliphatic heterocycles. The molecule has 0 unspecified atom stereocenters. The molecule has 0 saturated carbocycles. The summed E-state index contributed by atoms with van der Waals surface area (Å²) in [5.41, 5.74) is -0.252. The van der Waals surface area contributed by atoms with Gasteiger partial charge in [-0.25, -0.2) is 13.4 Å². The second kappa shape index (κ2) is 9.71. The zero-order valence-corrected chi connectivity index (χ0v) is 17.7. The molecule has 2 heterocycles. The van der Waals surface area contributed by atoms with Gasteiger partial charge in [-0.15, -0.1) is 0 Å². The maximum Gasteiger partial charge on any atom is 0.422 e. The number of benzene rings is 1. The SMILES string of the molecule is COc1ccc(S(=O)(=O)N2CCOCC2)cc1NC(=O)c1cccnc1OCC(F)(F)F. The number of sulfonamides is 1. The Kier molecular flexibility index (Phi) is 7.21. The van der Waals surface area contributed by atoms with Gasteiger partial charge in [0.25, 0.3) is 5.91 Å². The van der Waals surface area contributed by atoms with Crippen LogP contribution in [0.2, 0.25) is 0 Å². The third-order valence-electron chi connectivity index (χ3n) is 4.42. The summed E-state index contributed by atoms with van der Waals surface area (Å²) < 4.78 is 79.5. The molecule has 174 valence electrons. The van der Waals surface area contributed by atoms with Crippen molar-refractivity contribution in [1.82, 2.24) is 9.29 Å². The van der Waals surface area contributed by atoms with Gasteiger partial charge in [-0.2, -0.15) is 17.5 Å². The average Bonchev–Trinajstić information content (AvgIpc) is 2.78. The molecule has 9 nitrogen and oxygen atoms in total. The molecule has 1 saturated heterocycles. The van der Waals surface area contributed by atoms with Crippen LogP contribution in [0.3, 0.4) is 0 Å². The Hall–Kier alpha value is -2.90. The fourth-order valence-corrected chi connectivity index (χ4v) is 4.33. The van der Waals surface area contributed by atoms with E-state index in [0.29, 0.717) is 0 Å². The van der Waals surface area contributed by atoms with Crippen LogP contribution in [0.25, 0.3) is 0 Å². The highest BCUT2D eigenvalue weighted by molar-refractivity contribution is 7.89. The summed E-state index contributed by atoms with van der Waals surface area (Å²) in [6, 6.07) is 6.50. The number of nitrogens with zero attached hydrogens (tertiary/aromatic N) is 2. The van der Waals surface area contributed by atoms with Gasteiger partial charge in [0.05, 0.1) is 30.9 Å². The molecule has 0 radical (unpaired) electrons. The predicted molar refractivity (Wildman–Crippen MR) is 106 cm³/mol. The Morgan fingerprint density at radius 1 is 1.25 bits per heavy atom. The van der Waals surface area contributed by atoms with Crippen molar-refractivity contribution in [3.8, 4) is 11.6 Å². The zero-order chi connectivity index (χ0) is 23.4. The van der Waals surface area contributed by atoms with Gasteiger partial charge in [-0.1, -0.05) is 0 Å². The van der Waals surface area contributed by atoms with Crippen molar-refractivity contribution in [3.63, 3.8) is 0 Å². The Morgan fingerprint density at radius 3 is 2.62 bits per heavy atom. The molecule has 0 aliphatic carbocycles. The lowest BCUT2D eigenvalue weighted by Crippen LogP contribution is -2.40. The Labute approximate surface area is 182 Å². The number of alkyl halides is 3. The van der Waals surface area contributed by atoms with E-state index in [4.69, 9.17) is 9.47 Å². The summed E-state index contributed by atoms with van der Waals surface area (Å²) in [6.07, 6.45) is -3.44. The van der Waals surface area contributed by atoms with Crippen molar-refractivity contribution < 1.29 is 40.6 Å². The van der Waals surface area contributed by atoms with Gasteiger partial charge < -0.3 is 19.5 Å². The first-order chi connectivity index (χ1) is 15.1. The van der Waals surface area contributed by atoms with E-state index in [0.717, 1.165) is 0 Å². The standard InChI is InChI=1S/C19H20F3N3O6S/c1-29-16-5-4-13(32(27,28)25-7-9-30-10-8-25)11-15(16)24-17(26)14-3-2-6-23-18(14)31-12-19(20,21)22/h2-6,11H,7-10,12H2,1H3,(H,24,26). The number of anilines is 1. The summed E-state index contributed by atoms with van der Waals surface area (Å²) in [5, 5.41) is 2.46. The number of carbonyl (C=O) groups is 1. The van der Waals surface area contributed by atoms with Crippen LogP contribution < -0.4 is 14.8 Å². The molecular formula is C19H20F3N3O6S. The summed E-state index contributed by atoms with van der Waals surface area (Å²) in [7, 11) is -2.54. The van der Waals surface area contributed by atoms with Crippen LogP contribution in [0.5, 0.6) is 11.6 Å². The van der Waals surface area contributed by atoms with Crippen LogP contribution in [-0.4, -0.2) is 69.8 Å². The van der Waals surface area contributed by atoms with Crippen molar-refractivity contribution in [1.29, 1.82) is 0 Å². The van der Waals surface area contributed by atoms with Gasteiger partial charge in [0.2, 0.25) is 15.9 Å². The monoisotopic (exact) mass is 475 g/mol. The number of aromatic nitrogens is 1. The minimum atomic E-state index is -4.61. The predicted octanol–water partition coefficient (Wildman–Crippen LogP) is 2.30. The number of methoxy groups -OCH3 is 1. The molecular weight excluding hydrogens is 455 g/mol. The van der Waals surface area contributed by atoms with Gasteiger partial charge >= 0.3 is 6.18 Å². The molecule has 1 amide bonds. The number of hydrogen-bond acceptors (Lipinski definition) is 7. The van der Waals surface area contributed by atoms with Crippen LogP contribution in [0.4, 0.5) is 18.9 Å². The first kappa shape index (κ1) is 23.8. The second-order valence-corrected chi connectivity index (χ2v) is 8.53. The van der Waals surface area contributed by atoms with E-state index < -0.39 is 34.6 Å². The zero-order valence-electron chi connectivity index (χ0n) is 16.9. The van der Waals surface area contributed by atoms with E-state index in [2.05, 4.69) is 15.0 Å². The minimum Gasteiger partial charge on any atom is -0.495 e. The van der Waals surface area contributed by atoms with Crippen LogP contribution in [0.15, 0.2) is 41.4 Å². The van der Waals surface area contributed by atoms with E-state index in [9.17, 15) is 26.4 Å². The number of halogens is 3. The van der Waals surface area contributed by atoms with Gasteiger partial charge in [0.15, 0.2) is 6.61 Å². The first-order valence-corrected chi connectivity index (χ1v) is 10.8. The molecule has 0 bridgehead atoms. The van der Waals surface area contributed by atoms with E-state index in [1.165, 1.54) is 47.9 Å². The van der Waals surface area contributed by atoms with E-state index >= 15 is 0 Å². The van der Waals surface area contributed by atoms with Crippen molar-refractivity contribution >= 4 is 21.6 Å². The number of nitrogens with one attached hydrogen (secondary N) is 1. The van der Waals surface area contributed by atoms with Crippen molar-refractivity contribution in [2.24, 2.45) is 0 Å². The molecule has 3 rings (SSSR count). The van der Waals surface area contributed by atoms with Crippen LogP contribution in [0.1, 0.15) is 10.4 Å². The van der Waals surface area contributed by atoms with Crippen molar-refractivity contribution in [2.75, 3.05) is 45.3 Å². The summed E-state index contributed by atoms with van der Waals surface area (Å²) in [5.74, 6) is -1.21. The van der Waals surface area contributed by atoms with Crippen LogP contribution >= 0.6 is 0 Å². The van der Waals surface area contributed by atoms with E-state index in [-0.39, 0.29) is 48.2 Å². The van der Waals surface area contributed by atoms with Crippen LogP contribution in [-0.2, 0) is 14.8 Å².